The van der Waals surface area contributed by atoms with Gasteiger partial charge in [-0.3, -0.25) is 9.48 Å². The van der Waals surface area contributed by atoms with Crippen LogP contribution in [-0.4, -0.2) is 26.3 Å². The van der Waals surface area contributed by atoms with Crippen LogP contribution in [0, 0.1) is 0 Å². The van der Waals surface area contributed by atoms with Crippen molar-refractivity contribution in [3.63, 3.8) is 0 Å². The minimum absolute atomic E-state index is 0.0151. The fraction of sp³-hybridized carbons (Fsp3) is 0.500. The molecule has 0 spiro atoms. The molecule has 0 aliphatic heterocycles. The van der Waals surface area contributed by atoms with Gasteiger partial charge in [0.05, 0.1) is 6.20 Å². The Balaban J connectivity index is 1.79. The Hall–Kier alpha value is -2.04. The van der Waals surface area contributed by atoms with E-state index in [0.29, 0.717) is 11.6 Å². The van der Waals surface area contributed by atoms with Crippen LogP contribution in [0.1, 0.15) is 48.9 Å². The average molecular weight is 286 g/mol. The summed E-state index contributed by atoms with van der Waals surface area (Å²) in [5, 5.41) is 7.43. The maximum atomic E-state index is 12.6. The van der Waals surface area contributed by atoms with Crippen molar-refractivity contribution < 1.29 is 4.79 Å². The lowest BCUT2D eigenvalue weighted by molar-refractivity contribution is 0.0933. The fourth-order valence-electron chi connectivity index (χ4n) is 3.06. The zero-order chi connectivity index (χ0) is 14.7. The zero-order valence-electron chi connectivity index (χ0n) is 12.5. The molecule has 5 heteroatoms. The summed E-state index contributed by atoms with van der Waals surface area (Å²) in [5.74, 6) is 0.796. The predicted molar refractivity (Wildman–Crippen MR) is 81.5 cm³/mol. The summed E-state index contributed by atoms with van der Waals surface area (Å²) in [4.78, 5) is 12.6. The summed E-state index contributed by atoms with van der Waals surface area (Å²) in [6.07, 6.45) is 12.7. The lowest BCUT2D eigenvalue weighted by Gasteiger charge is -2.16. The Morgan fingerprint density at radius 1 is 1.19 bits per heavy atom. The largest absolute Gasteiger partial charge is 0.349 e. The molecule has 1 N–H and O–H groups in total. The lowest BCUT2D eigenvalue weighted by atomic mass is 10.1. The zero-order valence-corrected chi connectivity index (χ0v) is 12.5. The molecular weight excluding hydrogens is 264 g/mol. The van der Waals surface area contributed by atoms with Crippen molar-refractivity contribution in [3.05, 3.63) is 36.3 Å². The third-order valence-corrected chi connectivity index (χ3v) is 4.19. The standard InChI is InChI=1S/C16H22N4O/c1-19-16(20-10-6-7-11-20)14(12-17-19)15(21)18-13-8-4-2-3-5-9-13/h6-7,10-13H,2-5,8-9H2,1H3,(H,18,21). The van der Waals surface area contributed by atoms with Gasteiger partial charge in [0.1, 0.15) is 11.4 Å². The Morgan fingerprint density at radius 2 is 1.86 bits per heavy atom. The first-order valence-electron chi connectivity index (χ1n) is 7.72. The van der Waals surface area contributed by atoms with E-state index in [1.807, 2.05) is 36.1 Å². The molecule has 1 aliphatic carbocycles. The van der Waals surface area contributed by atoms with Gasteiger partial charge in [0.25, 0.3) is 5.91 Å². The number of nitrogens with one attached hydrogen (secondary N) is 1. The number of nitrogens with zero attached hydrogens (tertiary/aromatic N) is 3. The van der Waals surface area contributed by atoms with Gasteiger partial charge in [-0.05, 0) is 25.0 Å². The molecule has 0 aromatic carbocycles. The molecular formula is C16H22N4O. The number of hydrogen-bond donors (Lipinski definition) is 1. The molecule has 0 radical (unpaired) electrons. The summed E-state index contributed by atoms with van der Waals surface area (Å²) in [7, 11) is 1.86. The maximum Gasteiger partial charge on any atom is 0.256 e. The molecule has 0 atom stereocenters. The third kappa shape index (κ3) is 3.01. The van der Waals surface area contributed by atoms with Crippen molar-refractivity contribution in [1.29, 1.82) is 0 Å². The Bertz CT molecular complexity index is 592. The topological polar surface area (TPSA) is 51.9 Å². The van der Waals surface area contributed by atoms with Crippen molar-refractivity contribution in [1.82, 2.24) is 19.7 Å². The van der Waals surface area contributed by atoms with E-state index in [2.05, 4.69) is 10.4 Å². The van der Waals surface area contributed by atoms with Crippen LogP contribution in [0.4, 0.5) is 0 Å². The first-order chi connectivity index (χ1) is 10.3. The van der Waals surface area contributed by atoms with Crippen LogP contribution in [0.15, 0.2) is 30.7 Å². The molecule has 0 unspecified atom stereocenters. The molecule has 2 heterocycles. The van der Waals surface area contributed by atoms with Gasteiger partial charge in [0, 0.05) is 25.5 Å². The second-order valence-electron chi connectivity index (χ2n) is 5.76. The molecule has 5 nitrogen and oxygen atoms in total. The molecule has 112 valence electrons. The SMILES string of the molecule is Cn1ncc(C(=O)NC2CCCCCC2)c1-n1cccc1. The molecule has 3 rings (SSSR count). The summed E-state index contributed by atoms with van der Waals surface area (Å²) >= 11 is 0. The van der Waals surface area contributed by atoms with Gasteiger partial charge in [-0.1, -0.05) is 25.7 Å². The van der Waals surface area contributed by atoms with E-state index >= 15 is 0 Å². The van der Waals surface area contributed by atoms with E-state index in [-0.39, 0.29) is 5.91 Å². The van der Waals surface area contributed by atoms with Crippen LogP contribution in [0.2, 0.25) is 0 Å². The number of carbonyl (C=O) groups is 1. The minimum atomic E-state index is -0.0151. The fourth-order valence-corrected chi connectivity index (χ4v) is 3.06. The summed E-state index contributed by atoms with van der Waals surface area (Å²) in [5.41, 5.74) is 0.637. The van der Waals surface area contributed by atoms with Crippen molar-refractivity contribution in [2.24, 2.45) is 7.05 Å². The first kappa shape index (κ1) is 13.9. The number of aryl methyl sites for hydroxylation is 1. The van der Waals surface area contributed by atoms with Crippen LogP contribution in [-0.2, 0) is 7.05 Å². The molecule has 1 saturated carbocycles. The predicted octanol–water partition coefficient (Wildman–Crippen LogP) is 2.66. The van der Waals surface area contributed by atoms with Crippen molar-refractivity contribution >= 4 is 5.91 Å². The van der Waals surface area contributed by atoms with Crippen molar-refractivity contribution in [3.8, 4) is 5.82 Å². The van der Waals surface area contributed by atoms with Crippen LogP contribution in [0.5, 0.6) is 0 Å². The van der Waals surface area contributed by atoms with Crippen LogP contribution in [0.3, 0.4) is 0 Å². The van der Waals surface area contributed by atoms with Gasteiger partial charge in [-0.2, -0.15) is 5.10 Å². The number of aromatic nitrogens is 3. The second-order valence-corrected chi connectivity index (χ2v) is 5.76. The van der Waals surface area contributed by atoms with Crippen LogP contribution in [0.25, 0.3) is 5.82 Å². The molecule has 1 aliphatic rings. The number of hydrogen-bond acceptors (Lipinski definition) is 2. The first-order valence-corrected chi connectivity index (χ1v) is 7.72. The number of rotatable bonds is 3. The van der Waals surface area contributed by atoms with Crippen LogP contribution >= 0.6 is 0 Å². The van der Waals surface area contributed by atoms with E-state index < -0.39 is 0 Å². The highest BCUT2D eigenvalue weighted by molar-refractivity contribution is 5.97. The lowest BCUT2D eigenvalue weighted by Crippen LogP contribution is -2.34. The summed E-state index contributed by atoms with van der Waals surface area (Å²) in [6, 6.07) is 4.19. The monoisotopic (exact) mass is 286 g/mol. The molecule has 2 aromatic heterocycles. The van der Waals surface area contributed by atoms with E-state index in [1.165, 1.54) is 25.7 Å². The molecule has 21 heavy (non-hydrogen) atoms. The van der Waals surface area contributed by atoms with Crippen molar-refractivity contribution in [2.45, 2.75) is 44.6 Å². The quantitative estimate of drug-likeness (QED) is 0.882. The summed E-state index contributed by atoms with van der Waals surface area (Å²) < 4.78 is 3.66. The van der Waals surface area contributed by atoms with Gasteiger partial charge < -0.3 is 9.88 Å². The number of amides is 1. The second kappa shape index (κ2) is 6.16. The van der Waals surface area contributed by atoms with Crippen molar-refractivity contribution in [2.75, 3.05) is 0 Å². The molecule has 1 fully saturated rings. The van der Waals surface area contributed by atoms with Gasteiger partial charge in [-0.25, -0.2) is 0 Å². The minimum Gasteiger partial charge on any atom is -0.349 e. The molecule has 0 bridgehead atoms. The van der Waals surface area contributed by atoms with Gasteiger partial charge in [-0.15, -0.1) is 0 Å². The van der Waals surface area contributed by atoms with Crippen LogP contribution < -0.4 is 5.32 Å². The normalized spacial score (nSPS) is 16.6. The highest BCUT2D eigenvalue weighted by Gasteiger charge is 2.21. The number of carbonyl (C=O) groups excluding carboxylic acids is 1. The van der Waals surface area contributed by atoms with Gasteiger partial charge >= 0.3 is 0 Å². The Morgan fingerprint density at radius 3 is 2.52 bits per heavy atom. The third-order valence-electron chi connectivity index (χ3n) is 4.19. The smallest absolute Gasteiger partial charge is 0.256 e. The molecule has 0 saturated heterocycles. The Labute approximate surface area is 125 Å². The molecule has 1 amide bonds. The maximum absolute atomic E-state index is 12.6. The van der Waals surface area contributed by atoms with E-state index in [4.69, 9.17) is 0 Å². The highest BCUT2D eigenvalue weighted by atomic mass is 16.1. The Kier molecular flexibility index (Phi) is 4.08. The van der Waals surface area contributed by atoms with Gasteiger partial charge in [0.2, 0.25) is 0 Å². The highest BCUT2D eigenvalue weighted by Crippen LogP contribution is 2.19. The summed E-state index contributed by atoms with van der Waals surface area (Å²) in [6.45, 7) is 0. The average Bonchev–Trinajstić information content (AvgIpc) is 3.04. The van der Waals surface area contributed by atoms with E-state index in [0.717, 1.165) is 18.7 Å². The van der Waals surface area contributed by atoms with E-state index in [1.54, 1.807) is 10.9 Å². The van der Waals surface area contributed by atoms with Gasteiger partial charge in [0.15, 0.2) is 0 Å². The molecule has 2 aromatic rings. The van der Waals surface area contributed by atoms with E-state index in [9.17, 15) is 4.79 Å².